The van der Waals surface area contributed by atoms with Crippen molar-refractivity contribution >= 4 is 0 Å². The summed E-state index contributed by atoms with van der Waals surface area (Å²) in [5.74, 6) is 1.79. The van der Waals surface area contributed by atoms with E-state index in [2.05, 4.69) is 17.6 Å². The molecule has 0 aromatic carbocycles. The third-order valence-electron chi connectivity index (χ3n) is 5.74. The maximum absolute atomic E-state index is 5.98. The van der Waals surface area contributed by atoms with Gasteiger partial charge in [0.15, 0.2) is 0 Å². The van der Waals surface area contributed by atoms with Gasteiger partial charge in [-0.25, -0.2) is 0 Å². The fraction of sp³-hybridized carbons (Fsp3) is 1.00. The third-order valence-corrected chi connectivity index (χ3v) is 5.74. The molecule has 1 atom stereocenters. The Morgan fingerprint density at radius 1 is 1.17 bits per heavy atom. The number of nitrogens with one attached hydrogen (secondary N) is 2. The van der Waals surface area contributed by atoms with Crippen LogP contribution in [0.3, 0.4) is 0 Å². The lowest BCUT2D eigenvalue weighted by atomic mass is 9.66. The Hall–Kier alpha value is -0.120. The molecule has 18 heavy (non-hydrogen) atoms. The van der Waals surface area contributed by atoms with Gasteiger partial charge in [-0.15, -0.1) is 0 Å². The van der Waals surface area contributed by atoms with Gasteiger partial charge in [0.05, 0.1) is 6.61 Å². The zero-order chi connectivity index (χ0) is 12.2. The molecule has 2 aliphatic carbocycles. The van der Waals surface area contributed by atoms with E-state index in [1.165, 1.54) is 51.5 Å². The van der Waals surface area contributed by atoms with E-state index in [0.29, 0.717) is 17.3 Å². The average molecular weight is 250 g/mol. The zero-order valence-corrected chi connectivity index (χ0v) is 11.5. The van der Waals surface area contributed by atoms with Gasteiger partial charge in [0.2, 0.25) is 0 Å². The lowest BCUT2D eigenvalue weighted by Crippen LogP contribution is -2.56. The molecule has 4 fully saturated rings. The first-order valence-corrected chi connectivity index (χ1v) is 7.81. The van der Waals surface area contributed by atoms with Gasteiger partial charge in [-0.1, -0.05) is 6.92 Å². The van der Waals surface area contributed by atoms with Crippen LogP contribution in [0.2, 0.25) is 0 Å². The quantitative estimate of drug-likeness (QED) is 0.786. The second kappa shape index (κ2) is 3.94. The van der Waals surface area contributed by atoms with Crippen LogP contribution in [0.1, 0.15) is 51.9 Å². The van der Waals surface area contributed by atoms with Crippen LogP contribution in [-0.4, -0.2) is 30.5 Å². The molecule has 2 heterocycles. The van der Waals surface area contributed by atoms with E-state index in [1.54, 1.807) is 0 Å². The Balaban J connectivity index is 1.25. The Morgan fingerprint density at radius 2 is 2.00 bits per heavy atom. The van der Waals surface area contributed by atoms with Crippen molar-refractivity contribution in [2.24, 2.45) is 11.8 Å². The smallest absolute Gasteiger partial charge is 0.108 e. The highest BCUT2D eigenvalue weighted by Crippen LogP contribution is 2.47. The molecule has 3 heteroatoms. The molecule has 0 aromatic rings. The summed E-state index contributed by atoms with van der Waals surface area (Å²) < 4.78 is 5.98. The first-order valence-electron chi connectivity index (χ1n) is 7.81. The highest BCUT2D eigenvalue weighted by Gasteiger charge is 2.50. The summed E-state index contributed by atoms with van der Waals surface area (Å²) in [6.45, 7) is 4.55. The molecule has 0 amide bonds. The fourth-order valence-corrected chi connectivity index (χ4v) is 5.05. The van der Waals surface area contributed by atoms with Crippen molar-refractivity contribution in [2.45, 2.75) is 69.2 Å². The van der Waals surface area contributed by atoms with Crippen LogP contribution >= 0.6 is 0 Å². The first-order chi connectivity index (χ1) is 8.67. The molecule has 2 saturated carbocycles. The van der Waals surface area contributed by atoms with Gasteiger partial charge in [0, 0.05) is 11.1 Å². The standard InChI is InChI=1S/C15H26N2O/c1-11-6-15(7-11)10-18-13(17-15)5-12-8-14(9-12)3-2-4-16-14/h11-13,16-17H,2-10H2,1H3. The highest BCUT2D eigenvalue weighted by atomic mass is 16.5. The molecule has 3 nitrogen and oxygen atoms in total. The SMILES string of the molecule is CC1CC2(COC(CC3CC4(CCCN4)C3)N2)C1. The molecule has 102 valence electrons. The zero-order valence-electron chi connectivity index (χ0n) is 11.5. The van der Waals surface area contributed by atoms with E-state index < -0.39 is 0 Å². The molecule has 4 aliphatic rings. The Bertz CT molecular complexity index is 323. The third kappa shape index (κ3) is 1.83. The predicted molar refractivity (Wildman–Crippen MR) is 71.3 cm³/mol. The molecule has 0 aromatic heterocycles. The molecular weight excluding hydrogens is 224 g/mol. The van der Waals surface area contributed by atoms with Crippen LogP contribution < -0.4 is 10.6 Å². The maximum atomic E-state index is 5.98. The van der Waals surface area contributed by atoms with Gasteiger partial charge in [0.25, 0.3) is 0 Å². The fourth-order valence-electron chi connectivity index (χ4n) is 5.05. The molecule has 1 unspecified atom stereocenters. The van der Waals surface area contributed by atoms with Crippen LogP contribution in [-0.2, 0) is 4.74 Å². The van der Waals surface area contributed by atoms with E-state index in [0.717, 1.165) is 18.4 Å². The summed E-state index contributed by atoms with van der Waals surface area (Å²) in [5, 5.41) is 7.48. The van der Waals surface area contributed by atoms with Crippen molar-refractivity contribution in [1.82, 2.24) is 10.6 Å². The van der Waals surface area contributed by atoms with Crippen LogP contribution in [0.25, 0.3) is 0 Å². The van der Waals surface area contributed by atoms with Crippen molar-refractivity contribution < 1.29 is 4.74 Å². The van der Waals surface area contributed by atoms with Crippen LogP contribution in [0.4, 0.5) is 0 Å². The summed E-state index contributed by atoms with van der Waals surface area (Å²) in [5.41, 5.74) is 0.920. The topological polar surface area (TPSA) is 33.3 Å². The molecule has 0 bridgehead atoms. The second-order valence-electron chi connectivity index (χ2n) is 7.56. The lowest BCUT2D eigenvalue weighted by Gasteiger charge is -2.47. The number of ether oxygens (including phenoxy) is 1. The summed E-state index contributed by atoms with van der Waals surface area (Å²) in [6.07, 6.45) is 9.78. The normalized spacial score (nSPS) is 54.8. The molecular formula is C15H26N2O. The van der Waals surface area contributed by atoms with Crippen molar-refractivity contribution in [1.29, 1.82) is 0 Å². The van der Waals surface area contributed by atoms with Crippen LogP contribution in [0, 0.1) is 11.8 Å². The largest absolute Gasteiger partial charge is 0.361 e. The van der Waals surface area contributed by atoms with Crippen molar-refractivity contribution in [3.8, 4) is 0 Å². The minimum Gasteiger partial charge on any atom is -0.361 e. The van der Waals surface area contributed by atoms with E-state index in [4.69, 9.17) is 4.74 Å². The molecule has 2 spiro atoms. The minimum atomic E-state index is 0.348. The summed E-state index contributed by atoms with van der Waals surface area (Å²) in [6, 6.07) is 0. The van der Waals surface area contributed by atoms with E-state index in [9.17, 15) is 0 Å². The van der Waals surface area contributed by atoms with E-state index in [-0.39, 0.29) is 0 Å². The monoisotopic (exact) mass is 250 g/mol. The summed E-state index contributed by atoms with van der Waals surface area (Å²) >= 11 is 0. The predicted octanol–water partition coefficient (Wildman–Crippen LogP) is 2.02. The highest BCUT2D eigenvalue weighted by molar-refractivity contribution is 5.07. The first kappa shape index (κ1) is 11.7. The molecule has 2 N–H and O–H groups in total. The summed E-state index contributed by atoms with van der Waals surface area (Å²) in [7, 11) is 0. The van der Waals surface area contributed by atoms with Crippen LogP contribution in [0.15, 0.2) is 0 Å². The van der Waals surface area contributed by atoms with Gasteiger partial charge in [-0.2, -0.15) is 0 Å². The van der Waals surface area contributed by atoms with Gasteiger partial charge >= 0.3 is 0 Å². The van der Waals surface area contributed by atoms with Crippen molar-refractivity contribution in [3.63, 3.8) is 0 Å². The molecule has 4 rings (SSSR count). The van der Waals surface area contributed by atoms with Gasteiger partial charge < -0.3 is 10.1 Å². The van der Waals surface area contributed by atoms with Gasteiger partial charge in [-0.05, 0) is 63.3 Å². The number of hydrogen-bond acceptors (Lipinski definition) is 3. The number of hydrogen-bond donors (Lipinski definition) is 2. The average Bonchev–Trinajstić information content (AvgIpc) is 2.84. The Labute approximate surface area is 110 Å². The Morgan fingerprint density at radius 3 is 2.67 bits per heavy atom. The lowest BCUT2D eigenvalue weighted by molar-refractivity contribution is 0.0325. The van der Waals surface area contributed by atoms with E-state index in [1.807, 2.05) is 0 Å². The van der Waals surface area contributed by atoms with Gasteiger partial charge in [-0.3, -0.25) is 5.32 Å². The Kier molecular flexibility index (Phi) is 2.56. The van der Waals surface area contributed by atoms with Crippen molar-refractivity contribution in [3.05, 3.63) is 0 Å². The van der Waals surface area contributed by atoms with Gasteiger partial charge in [0.1, 0.15) is 6.23 Å². The minimum absolute atomic E-state index is 0.348. The maximum Gasteiger partial charge on any atom is 0.108 e. The molecule has 2 saturated heterocycles. The second-order valence-corrected chi connectivity index (χ2v) is 7.56. The van der Waals surface area contributed by atoms with Crippen LogP contribution in [0.5, 0.6) is 0 Å². The number of rotatable bonds is 2. The van der Waals surface area contributed by atoms with Crippen molar-refractivity contribution in [2.75, 3.05) is 13.2 Å². The molecule has 0 radical (unpaired) electrons. The molecule has 2 aliphatic heterocycles. The summed E-state index contributed by atoms with van der Waals surface area (Å²) in [4.78, 5) is 0. The van der Waals surface area contributed by atoms with E-state index >= 15 is 0 Å².